The number of hydrogen-bond acceptors (Lipinski definition) is 4. The van der Waals surface area contributed by atoms with Crippen molar-refractivity contribution < 1.29 is 14.4 Å². The van der Waals surface area contributed by atoms with Crippen LogP contribution in [-0.4, -0.2) is 41.6 Å². The summed E-state index contributed by atoms with van der Waals surface area (Å²) in [6, 6.07) is 4.04. The second-order valence-corrected chi connectivity index (χ2v) is 5.38. The summed E-state index contributed by atoms with van der Waals surface area (Å²) in [5.74, 6) is -1.08. The van der Waals surface area contributed by atoms with Gasteiger partial charge < -0.3 is 0 Å². The minimum absolute atomic E-state index is 0.00382. The van der Waals surface area contributed by atoms with E-state index in [1.54, 1.807) is 13.0 Å². The Morgan fingerprint density at radius 2 is 2.10 bits per heavy atom. The number of imide groups is 1. The van der Waals surface area contributed by atoms with Gasteiger partial charge in [-0.1, -0.05) is 23.2 Å². The molecule has 2 rings (SSSR count). The molecule has 7 heteroatoms. The molecule has 1 aromatic carbocycles. The van der Waals surface area contributed by atoms with Crippen LogP contribution in [-0.2, 0) is 9.59 Å². The highest BCUT2D eigenvalue weighted by molar-refractivity contribution is 6.36. The normalized spacial score (nSPS) is 19.9. The summed E-state index contributed by atoms with van der Waals surface area (Å²) in [4.78, 5) is 36.5. The predicted molar refractivity (Wildman–Crippen MR) is 75.0 cm³/mol. The molecule has 1 heterocycles. The van der Waals surface area contributed by atoms with Gasteiger partial charge in [-0.05, 0) is 25.1 Å². The molecule has 0 radical (unpaired) electrons. The van der Waals surface area contributed by atoms with E-state index in [1.807, 2.05) is 0 Å². The third-order valence-corrected chi connectivity index (χ3v) is 3.66. The number of nitrogens with one attached hydrogen (secondary N) is 1. The summed E-state index contributed by atoms with van der Waals surface area (Å²) in [5.41, 5.74) is 0.321. The smallest absolute Gasteiger partial charge is 0.243 e. The average Bonchev–Trinajstić information content (AvgIpc) is 2.35. The number of nitrogens with zero attached hydrogens (tertiary/aromatic N) is 1. The summed E-state index contributed by atoms with van der Waals surface area (Å²) in [6.07, 6.45) is 0. The summed E-state index contributed by atoms with van der Waals surface area (Å²) in [5, 5.41) is 2.91. The predicted octanol–water partition coefficient (Wildman–Crippen LogP) is 1.52. The highest BCUT2D eigenvalue weighted by Crippen LogP contribution is 2.22. The molecule has 1 saturated heterocycles. The SMILES string of the molecule is CC1C(=O)NC(=O)CN1CC(=O)c1ccc(Cl)cc1Cl. The van der Waals surface area contributed by atoms with E-state index in [9.17, 15) is 14.4 Å². The maximum atomic E-state index is 12.2. The van der Waals surface area contributed by atoms with Gasteiger partial charge in [-0.25, -0.2) is 0 Å². The van der Waals surface area contributed by atoms with Crippen LogP contribution in [0.5, 0.6) is 0 Å². The molecule has 106 valence electrons. The molecule has 20 heavy (non-hydrogen) atoms. The van der Waals surface area contributed by atoms with Crippen LogP contribution in [0.4, 0.5) is 0 Å². The summed E-state index contributed by atoms with van der Waals surface area (Å²) in [7, 11) is 0. The highest BCUT2D eigenvalue weighted by Gasteiger charge is 2.31. The van der Waals surface area contributed by atoms with Gasteiger partial charge >= 0.3 is 0 Å². The Morgan fingerprint density at radius 3 is 2.75 bits per heavy atom. The first-order chi connectivity index (χ1) is 9.38. The number of amides is 2. The number of halogens is 2. The van der Waals surface area contributed by atoms with Gasteiger partial charge in [-0.3, -0.25) is 24.6 Å². The third-order valence-electron chi connectivity index (χ3n) is 3.11. The quantitative estimate of drug-likeness (QED) is 0.678. The second kappa shape index (κ2) is 5.91. The van der Waals surface area contributed by atoms with Crippen molar-refractivity contribution in [3.05, 3.63) is 33.8 Å². The lowest BCUT2D eigenvalue weighted by atomic mass is 10.1. The average molecular weight is 315 g/mol. The lowest BCUT2D eigenvalue weighted by Crippen LogP contribution is -2.57. The van der Waals surface area contributed by atoms with Crippen molar-refractivity contribution in [2.75, 3.05) is 13.1 Å². The molecule has 1 N–H and O–H groups in total. The van der Waals surface area contributed by atoms with E-state index >= 15 is 0 Å². The van der Waals surface area contributed by atoms with E-state index in [-0.39, 0.29) is 23.9 Å². The minimum atomic E-state index is -0.539. The number of ketones is 1. The fraction of sp³-hybridized carbons (Fsp3) is 0.308. The molecule has 1 aliphatic heterocycles. The van der Waals surface area contributed by atoms with Crippen LogP contribution in [0.2, 0.25) is 10.0 Å². The van der Waals surface area contributed by atoms with Gasteiger partial charge in [0.15, 0.2) is 5.78 Å². The van der Waals surface area contributed by atoms with Crippen molar-refractivity contribution in [2.45, 2.75) is 13.0 Å². The van der Waals surface area contributed by atoms with Crippen molar-refractivity contribution in [3.63, 3.8) is 0 Å². The molecule has 0 aromatic heterocycles. The molecule has 1 aromatic rings. The molecule has 1 atom stereocenters. The number of piperazine rings is 1. The highest BCUT2D eigenvalue weighted by atomic mass is 35.5. The number of hydrogen-bond donors (Lipinski definition) is 1. The summed E-state index contributed by atoms with van der Waals surface area (Å²) >= 11 is 11.7. The second-order valence-electron chi connectivity index (χ2n) is 4.54. The van der Waals surface area contributed by atoms with Crippen molar-refractivity contribution in [1.82, 2.24) is 10.2 Å². The van der Waals surface area contributed by atoms with Crippen LogP contribution in [0.25, 0.3) is 0 Å². The van der Waals surface area contributed by atoms with Crippen molar-refractivity contribution in [1.29, 1.82) is 0 Å². The van der Waals surface area contributed by atoms with E-state index in [0.29, 0.717) is 10.6 Å². The van der Waals surface area contributed by atoms with Gasteiger partial charge in [-0.15, -0.1) is 0 Å². The summed E-state index contributed by atoms with van der Waals surface area (Å²) < 4.78 is 0. The minimum Gasteiger partial charge on any atom is -0.294 e. The zero-order chi connectivity index (χ0) is 14.9. The lowest BCUT2D eigenvalue weighted by Gasteiger charge is -2.30. The summed E-state index contributed by atoms with van der Waals surface area (Å²) in [6.45, 7) is 1.59. The van der Waals surface area contributed by atoms with Gasteiger partial charge in [0.1, 0.15) is 0 Å². The first-order valence-electron chi connectivity index (χ1n) is 5.94. The maximum absolute atomic E-state index is 12.2. The first kappa shape index (κ1) is 15.0. The van der Waals surface area contributed by atoms with E-state index < -0.39 is 17.9 Å². The van der Waals surface area contributed by atoms with Gasteiger partial charge in [0, 0.05) is 10.6 Å². The molecule has 1 aliphatic rings. The zero-order valence-electron chi connectivity index (χ0n) is 10.7. The van der Waals surface area contributed by atoms with Crippen molar-refractivity contribution >= 4 is 40.8 Å². The Bertz CT molecular complexity index is 589. The van der Waals surface area contributed by atoms with Gasteiger partial charge in [0.2, 0.25) is 11.8 Å². The van der Waals surface area contributed by atoms with Crippen LogP contribution in [0, 0.1) is 0 Å². The van der Waals surface area contributed by atoms with E-state index in [4.69, 9.17) is 23.2 Å². The van der Waals surface area contributed by atoms with E-state index in [1.165, 1.54) is 17.0 Å². The fourth-order valence-electron chi connectivity index (χ4n) is 1.95. The van der Waals surface area contributed by atoms with Crippen LogP contribution in [0.3, 0.4) is 0 Å². The van der Waals surface area contributed by atoms with Crippen molar-refractivity contribution in [3.8, 4) is 0 Å². The molecule has 1 fully saturated rings. The number of rotatable bonds is 3. The fourth-order valence-corrected chi connectivity index (χ4v) is 2.46. The zero-order valence-corrected chi connectivity index (χ0v) is 12.2. The molecule has 1 unspecified atom stereocenters. The van der Waals surface area contributed by atoms with Gasteiger partial charge in [-0.2, -0.15) is 0 Å². The molecule has 0 spiro atoms. The molecule has 5 nitrogen and oxygen atoms in total. The molecule has 0 aliphatic carbocycles. The van der Waals surface area contributed by atoms with Crippen LogP contribution in [0.1, 0.15) is 17.3 Å². The molecule has 0 bridgehead atoms. The maximum Gasteiger partial charge on any atom is 0.243 e. The topological polar surface area (TPSA) is 66.5 Å². The molecular formula is C13H12Cl2N2O3. The number of benzene rings is 1. The lowest BCUT2D eigenvalue weighted by molar-refractivity contribution is -0.139. The monoisotopic (exact) mass is 314 g/mol. The van der Waals surface area contributed by atoms with Crippen LogP contribution in [0.15, 0.2) is 18.2 Å². The largest absolute Gasteiger partial charge is 0.294 e. The van der Waals surface area contributed by atoms with Gasteiger partial charge in [0.05, 0.1) is 24.2 Å². The standard InChI is InChI=1S/C13H12Cl2N2O3/c1-7-13(20)16-12(19)6-17(7)5-11(18)9-3-2-8(14)4-10(9)15/h2-4,7H,5-6H2,1H3,(H,16,19,20). The first-order valence-corrected chi connectivity index (χ1v) is 6.70. The van der Waals surface area contributed by atoms with Crippen LogP contribution < -0.4 is 5.32 Å². The van der Waals surface area contributed by atoms with Crippen molar-refractivity contribution in [2.24, 2.45) is 0 Å². The Kier molecular flexibility index (Phi) is 4.42. The Labute approximate surface area is 125 Å². The molecule has 2 amide bonds. The van der Waals surface area contributed by atoms with Gasteiger partial charge in [0.25, 0.3) is 0 Å². The molecule has 0 saturated carbocycles. The number of carbonyl (C=O) groups is 3. The molecular weight excluding hydrogens is 303 g/mol. The van der Waals surface area contributed by atoms with E-state index in [0.717, 1.165) is 0 Å². The number of carbonyl (C=O) groups excluding carboxylic acids is 3. The Hall–Kier alpha value is -1.43. The Morgan fingerprint density at radius 1 is 1.40 bits per heavy atom. The van der Waals surface area contributed by atoms with Crippen LogP contribution >= 0.6 is 23.2 Å². The third kappa shape index (κ3) is 3.17. The number of Topliss-reactive ketones (excluding diaryl/α,β-unsaturated/α-hetero) is 1. The van der Waals surface area contributed by atoms with E-state index in [2.05, 4.69) is 5.32 Å². The Balaban J connectivity index is 2.14.